The van der Waals surface area contributed by atoms with Crippen LogP contribution in [0.4, 0.5) is 0 Å². The molecule has 0 fully saturated rings. The second-order valence-corrected chi connectivity index (χ2v) is 7.41. The van der Waals surface area contributed by atoms with Crippen molar-refractivity contribution in [2.45, 2.75) is 57.8 Å². The number of ether oxygens (including phenoxy) is 1. The van der Waals surface area contributed by atoms with Crippen molar-refractivity contribution in [3.8, 4) is 0 Å². The third-order valence-electron chi connectivity index (χ3n) is 4.16. The molecule has 6 nitrogen and oxygen atoms in total. The average molecular weight is 392 g/mol. The van der Waals surface area contributed by atoms with Crippen molar-refractivity contribution >= 4 is 28.6 Å². The van der Waals surface area contributed by atoms with Crippen LogP contribution in [0.5, 0.6) is 0 Å². The maximum Gasteiger partial charge on any atom is 0.262 e. The number of nitrogens with zero attached hydrogens (tertiary/aromatic N) is 2. The van der Waals surface area contributed by atoms with E-state index in [1.807, 2.05) is 32.0 Å². The number of rotatable bonds is 11. The van der Waals surface area contributed by atoms with Gasteiger partial charge in [-0.2, -0.15) is 0 Å². The molecule has 0 aliphatic heterocycles. The van der Waals surface area contributed by atoms with Gasteiger partial charge in [0.25, 0.3) is 5.56 Å². The van der Waals surface area contributed by atoms with Crippen molar-refractivity contribution in [2.24, 2.45) is 0 Å². The van der Waals surface area contributed by atoms with E-state index in [2.05, 4.69) is 17.2 Å². The van der Waals surface area contributed by atoms with Gasteiger partial charge in [0.2, 0.25) is 5.91 Å². The SMILES string of the molecule is CCCC(C)NC(=O)CSc1nc2ccccc2c(=O)n1CCCOCC. The highest BCUT2D eigenvalue weighted by molar-refractivity contribution is 7.99. The first-order valence-corrected chi connectivity index (χ1v) is 10.5. The lowest BCUT2D eigenvalue weighted by molar-refractivity contribution is -0.119. The maximum atomic E-state index is 12.9. The smallest absolute Gasteiger partial charge is 0.262 e. The fourth-order valence-corrected chi connectivity index (χ4v) is 3.71. The molecule has 0 radical (unpaired) electrons. The zero-order valence-corrected chi connectivity index (χ0v) is 17.2. The van der Waals surface area contributed by atoms with Crippen molar-refractivity contribution in [2.75, 3.05) is 19.0 Å². The van der Waals surface area contributed by atoms with Gasteiger partial charge in [0.1, 0.15) is 0 Å². The quantitative estimate of drug-likeness (QED) is 0.362. The Balaban J connectivity index is 2.17. The van der Waals surface area contributed by atoms with Crippen molar-refractivity contribution < 1.29 is 9.53 Å². The molecule has 0 spiro atoms. The van der Waals surface area contributed by atoms with Gasteiger partial charge in [0.05, 0.1) is 16.7 Å². The molecule has 1 aromatic heterocycles. The number of amides is 1. The van der Waals surface area contributed by atoms with Crippen molar-refractivity contribution in [1.82, 2.24) is 14.9 Å². The lowest BCUT2D eigenvalue weighted by atomic mass is 10.2. The van der Waals surface area contributed by atoms with Crippen LogP contribution in [0.2, 0.25) is 0 Å². The van der Waals surface area contributed by atoms with Crippen LogP contribution in [0.1, 0.15) is 40.0 Å². The fraction of sp³-hybridized carbons (Fsp3) is 0.550. The zero-order chi connectivity index (χ0) is 19.6. The summed E-state index contributed by atoms with van der Waals surface area (Å²) >= 11 is 1.31. The van der Waals surface area contributed by atoms with E-state index in [9.17, 15) is 9.59 Å². The summed E-state index contributed by atoms with van der Waals surface area (Å²) in [5.74, 6) is 0.203. The lowest BCUT2D eigenvalue weighted by Crippen LogP contribution is -2.34. The number of fused-ring (bicyclic) bond motifs is 1. The van der Waals surface area contributed by atoms with Crippen molar-refractivity contribution in [3.05, 3.63) is 34.6 Å². The fourth-order valence-electron chi connectivity index (χ4n) is 2.88. The summed E-state index contributed by atoms with van der Waals surface area (Å²) in [7, 11) is 0. The highest BCUT2D eigenvalue weighted by Gasteiger charge is 2.14. The van der Waals surface area contributed by atoms with E-state index in [0.29, 0.717) is 35.8 Å². The van der Waals surface area contributed by atoms with Gasteiger partial charge in [-0.1, -0.05) is 37.2 Å². The molecule has 0 aliphatic carbocycles. The predicted molar refractivity (Wildman–Crippen MR) is 110 cm³/mol. The molecular formula is C20H29N3O3S. The van der Waals surface area contributed by atoms with Gasteiger partial charge < -0.3 is 10.1 Å². The predicted octanol–water partition coefficient (Wildman–Crippen LogP) is 3.22. The Morgan fingerprint density at radius 2 is 2.11 bits per heavy atom. The number of carbonyl (C=O) groups excluding carboxylic acids is 1. The third kappa shape index (κ3) is 6.36. The minimum absolute atomic E-state index is 0.0378. The van der Waals surface area contributed by atoms with Crippen LogP contribution < -0.4 is 10.9 Å². The monoisotopic (exact) mass is 391 g/mol. The minimum atomic E-state index is -0.0700. The summed E-state index contributed by atoms with van der Waals surface area (Å²) < 4.78 is 7.04. The molecule has 7 heteroatoms. The van der Waals surface area contributed by atoms with E-state index in [4.69, 9.17) is 4.74 Å². The van der Waals surface area contributed by atoms with Gasteiger partial charge in [-0.05, 0) is 38.8 Å². The molecule has 0 saturated carbocycles. The number of carbonyl (C=O) groups is 1. The van der Waals surface area contributed by atoms with Crippen LogP contribution in [-0.2, 0) is 16.1 Å². The Kier molecular flexibility index (Phi) is 8.81. The lowest BCUT2D eigenvalue weighted by Gasteiger charge is -2.15. The van der Waals surface area contributed by atoms with Crippen LogP contribution >= 0.6 is 11.8 Å². The summed E-state index contributed by atoms with van der Waals surface area (Å²) in [4.78, 5) is 29.7. The largest absolute Gasteiger partial charge is 0.382 e. The summed E-state index contributed by atoms with van der Waals surface area (Å²) in [5, 5.41) is 4.16. The van der Waals surface area contributed by atoms with Gasteiger partial charge >= 0.3 is 0 Å². The van der Waals surface area contributed by atoms with Crippen LogP contribution in [0.25, 0.3) is 10.9 Å². The number of hydrogen-bond donors (Lipinski definition) is 1. The summed E-state index contributed by atoms with van der Waals surface area (Å²) in [6.07, 6.45) is 2.70. The molecule has 1 heterocycles. The first kappa shape index (κ1) is 21.4. The average Bonchev–Trinajstić information content (AvgIpc) is 2.65. The third-order valence-corrected chi connectivity index (χ3v) is 5.14. The first-order chi connectivity index (χ1) is 13.1. The zero-order valence-electron chi connectivity index (χ0n) is 16.4. The number of para-hydroxylation sites is 1. The second kappa shape index (κ2) is 11.1. The molecule has 1 aromatic carbocycles. The molecule has 1 unspecified atom stereocenters. The molecule has 0 aliphatic rings. The molecule has 27 heavy (non-hydrogen) atoms. The van der Waals surface area contributed by atoms with Crippen molar-refractivity contribution in [3.63, 3.8) is 0 Å². The molecule has 1 atom stereocenters. The van der Waals surface area contributed by atoms with E-state index >= 15 is 0 Å². The first-order valence-electron chi connectivity index (χ1n) is 9.56. The minimum Gasteiger partial charge on any atom is -0.382 e. The Morgan fingerprint density at radius 3 is 2.85 bits per heavy atom. The molecule has 0 bridgehead atoms. The summed E-state index contributed by atoms with van der Waals surface area (Å²) in [6, 6.07) is 7.47. The number of benzene rings is 1. The highest BCUT2D eigenvalue weighted by Crippen LogP contribution is 2.18. The Labute approximate surface area is 164 Å². The van der Waals surface area contributed by atoms with Crippen LogP contribution in [-0.4, -0.2) is 40.5 Å². The van der Waals surface area contributed by atoms with E-state index in [1.54, 1.807) is 10.6 Å². The van der Waals surface area contributed by atoms with E-state index in [-0.39, 0.29) is 23.3 Å². The van der Waals surface area contributed by atoms with Gasteiger partial charge in [0, 0.05) is 25.8 Å². The Bertz CT molecular complexity index is 807. The Morgan fingerprint density at radius 1 is 1.33 bits per heavy atom. The van der Waals surface area contributed by atoms with Gasteiger partial charge in [-0.25, -0.2) is 4.98 Å². The van der Waals surface area contributed by atoms with Crippen LogP contribution in [0, 0.1) is 0 Å². The molecule has 2 rings (SSSR count). The maximum absolute atomic E-state index is 12.9. The summed E-state index contributed by atoms with van der Waals surface area (Å²) in [5.41, 5.74) is 0.588. The summed E-state index contributed by atoms with van der Waals surface area (Å²) in [6.45, 7) is 7.81. The highest BCUT2D eigenvalue weighted by atomic mass is 32.2. The van der Waals surface area contributed by atoms with E-state index in [0.717, 1.165) is 19.3 Å². The van der Waals surface area contributed by atoms with E-state index in [1.165, 1.54) is 11.8 Å². The molecule has 148 valence electrons. The normalized spacial score (nSPS) is 12.3. The van der Waals surface area contributed by atoms with Gasteiger partial charge in [0.15, 0.2) is 5.16 Å². The van der Waals surface area contributed by atoms with Crippen LogP contribution in [0.15, 0.2) is 34.2 Å². The van der Waals surface area contributed by atoms with Crippen LogP contribution in [0.3, 0.4) is 0 Å². The second-order valence-electron chi connectivity index (χ2n) is 6.46. The number of aromatic nitrogens is 2. The standard InChI is InChI=1S/C20H29N3O3S/c1-4-9-15(3)21-18(24)14-27-20-22-17-11-7-6-10-16(17)19(25)23(20)12-8-13-26-5-2/h6-7,10-11,15H,4-5,8-9,12-14H2,1-3H3,(H,21,24). The molecule has 1 N–H and O–H groups in total. The molecule has 1 amide bonds. The molecule has 2 aromatic rings. The molecular weight excluding hydrogens is 362 g/mol. The topological polar surface area (TPSA) is 73.2 Å². The Hall–Kier alpha value is -1.86. The number of nitrogens with one attached hydrogen (secondary N) is 1. The van der Waals surface area contributed by atoms with Gasteiger partial charge in [-0.3, -0.25) is 14.2 Å². The van der Waals surface area contributed by atoms with E-state index < -0.39 is 0 Å². The molecule has 0 saturated heterocycles. The number of thioether (sulfide) groups is 1. The number of hydrogen-bond acceptors (Lipinski definition) is 5. The van der Waals surface area contributed by atoms with Crippen molar-refractivity contribution in [1.29, 1.82) is 0 Å². The van der Waals surface area contributed by atoms with Gasteiger partial charge in [-0.15, -0.1) is 0 Å².